The predicted octanol–water partition coefficient (Wildman–Crippen LogP) is 3.36. The van der Waals surface area contributed by atoms with Gasteiger partial charge in [0.2, 0.25) is 0 Å². The van der Waals surface area contributed by atoms with E-state index >= 15 is 0 Å². The van der Waals surface area contributed by atoms with Gasteiger partial charge in [-0.25, -0.2) is 4.79 Å². The van der Waals surface area contributed by atoms with E-state index in [0.29, 0.717) is 5.58 Å². The molecule has 28 heavy (non-hydrogen) atoms. The van der Waals surface area contributed by atoms with Gasteiger partial charge in [0.25, 0.3) is 0 Å². The molecule has 1 fully saturated rings. The summed E-state index contributed by atoms with van der Waals surface area (Å²) in [7, 11) is 0. The molecule has 0 saturated carbocycles. The lowest BCUT2D eigenvalue weighted by Crippen LogP contribution is -2.47. The van der Waals surface area contributed by atoms with Crippen LogP contribution in [0.5, 0.6) is 0 Å². The second-order valence-electron chi connectivity index (χ2n) is 8.05. The molecule has 5 nitrogen and oxygen atoms in total. The van der Waals surface area contributed by atoms with Crippen molar-refractivity contribution in [2.24, 2.45) is 0 Å². The average molecular weight is 377 g/mol. The maximum atomic E-state index is 11.3. The van der Waals surface area contributed by atoms with Crippen LogP contribution in [0.4, 0.5) is 5.69 Å². The lowest BCUT2D eigenvalue weighted by Gasteiger charge is -2.38. The number of oxazole rings is 1. The Balaban J connectivity index is 1.20. The fourth-order valence-electron chi connectivity index (χ4n) is 4.70. The van der Waals surface area contributed by atoms with E-state index in [0.717, 1.165) is 44.7 Å². The van der Waals surface area contributed by atoms with E-state index in [-0.39, 0.29) is 5.76 Å². The topological polar surface area (TPSA) is 52.5 Å². The van der Waals surface area contributed by atoms with Gasteiger partial charge in [0.05, 0.1) is 5.52 Å². The van der Waals surface area contributed by atoms with Crippen LogP contribution in [-0.2, 0) is 19.3 Å². The number of aromatic amines is 1. The van der Waals surface area contributed by atoms with E-state index in [1.165, 1.54) is 36.9 Å². The van der Waals surface area contributed by atoms with Crippen LogP contribution < -0.4 is 10.7 Å². The minimum Gasteiger partial charge on any atom is -0.408 e. The Morgan fingerprint density at radius 1 is 1.00 bits per heavy atom. The highest BCUT2D eigenvalue weighted by atomic mass is 16.4. The number of benzene rings is 2. The number of piperazine rings is 1. The Bertz CT molecular complexity index is 1030. The first-order valence-corrected chi connectivity index (χ1v) is 10.5. The summed E-state index contributed by atoms with van der Waals surface area (Å²) >= 11 is 0. The molecule has 2 aliphatic rings. The lowest BCUT2D eigenvalue weighted by molar-refractivity contribution is 0.261. The third kappa shape index (κ3) is 3.47. The van der Waals surface area contributed by atoms with Crippen molar-refractivity contribution < 1.29 is 4.42 Å². The number of hydrogen-bond donors (Lipinski definition) is 1. The van der Waals surface area contributed by atoms with E-state index in [4.69, 9.17) is 4.42 Å². The van der Waals surface area contributed by atoms with Crippen LogP contribution in [0.15, 0.2) is 45.6 Å². The lowest BCUT2D eigenvalue weighted by atomic mass is 9.90. The number of H-pyrrole nitrogens is 1. The highest BCUT2D eigenvalue weighted by molar-refractivity contribution is 5.72. The maximum absolute atomic E-state index is 11.3. The summed E-state index contributed by atoms with van der Waals surface area (Å²) in [5, 5.41) is 0. The van der Waals surface area contributed by atoms with Gasteiger partial charge in [-0.2, -0.15) is 0 Å². The van der Waals surface area contributed by atoms with Crippen molar-refractivity contribution in [3.8, 4) is 0 Å². The fourth-order valence-corrected chi connectivity index (χ4v) is 4.70. The van der Waals surface area contributed by atoms with E-state index < -0.39 is 0 Å². The van der Waals surface area contributed by atoms with E-state index in [2.05, 4.69) is 39.0 Å². The molecule has 5 rings (SSSR count). The van der Waals surface area contributed by atoms with Crippen molar-refractivity contribution in [1.29, 1.82) is 0 Å². The summed E-state index contributed by atoms with van der Waals surface area (Å²) < 4.78 is 5.18. The van der Waals surface area contributed by atoms with Gasteiger partial charge in [0.15, 0.2) is 5.58 Å². The third-order valence-corrected chi connectivity index (χ3v) is 6.29. The van der Waals surface area contributed by atoms with Crippen LogP contribution >= 0.6 is 0 Å². The second-order valence-corrected chi connectivity index (χ2v) is 8.05. The molecule has 1 N–H and O–H groups in total. The van der Waals surface area contributed by atoms with Gasteiger partial charge in [0, 0.05) is 38.4 Å². The van der Waals surface area contributed by atoms with Crippen molar-refractivity contribution in [2.75, 3.05) is 37.6 Å². The largest absolute Gasteiger partial charge is 0.417 e. The zero-order chi connectivity index (χ0) is 18.9. The number of aryl methyl sites for hydroxylation is 1. The molecule has 146 valence electrons. The van der Waals surface area contributed by atoms with Gasteiger partial charge < -0.3 is 9.32 Å². The number of fused-ring (bicyclic) bond motifs is 2. The van der Waals surface area contributed by atoms with E-state index in [9.17, 15) is 4.79 Å². The van der Waals surface area contributed by atoms with Gasteiger partial charge in [0.1, 0.15) is 0 Å². The van der Waals surface area contributed by atoms with Gasteiger partial charge >= 0.3 is 5.76 Å². The molecule has 0 radical (unpaired) electrons. The molecule has 0 amide bonds. The third-order valence-electron chi connectivity index (χ3n) is 6.29. The molecule has 0 spiro atoms. The van der Waals surface area contributed by atoms with Crippen molar-refractivity contribution >= 4 is 16.8 Å². The zero-order valence-corrected chi connectivity index (χ0v) is 16.2. The van der Waals surface area contributed by atoms with Crippen molar-refractivity contribution in [1.82, 2.24) is 9.88 Å². The smallest absolute Gasteiger partial charge is 0.408 e. The summed E-state index contributed by atoms with van der Waals surface area (Å²) in [5.74, 6) is -0.383. The van der Waals surface area contributed by atoms with Crippen molar-refractivity contribution in [2.45, 2.75) is 32.1 Å². The van der Waals surface area contributed by atoms with Gasteiger partial charge in [-0.3, -0.25) is 9.88 Å². The van der Waals surface area contributed by atoms with Gasteiger partial charge in [-0.15, -0.1) is 0 Å². The molecule has 0 unspecified atom stereocenters. The summed E-state index contributed by atoms with van der Waals surface area (Å²) in [6.45, 7) is 5.45. The van der Waals surface area contributed by atoms with Crippen molar-refractivity contribution in [3.05, 3.63) is 63.6 Å². The second kappa shape index (κ2) is 7.47. The molecule has 1 aliphatic carbocycles. The van der Waals surface area contributed by atoms with Crippen LogP contribution in [0.1, 0.15) is 29.5 Å². The predicted molar refractivity (Wildman–Crippen MR) is 112 cm³/mol. The van der Waals surface area contributed by atoms with E-state index in [1.807, 2.05) is 12.1 Å². The normalized spacial score (nSPS) is 17.8. The molecule has 1 saturated heterocycles. The van der Waals surface area contributed by atoms with Crippen LogP contribution in [0.2, 0.25) is 0 Å². The summed E-state index contributed by atoms with van der Waals surface area (Å²) in [6, 6.07) is 12.9. The number of anilines is 1. The molecule has 0 bridgehead atoms. The minimum atomic E-state index is -0.383. The van der Waals surface area contributed by atoms with Gasteiger partial charge in [-0.05, 0) is 67.0 Å². The maximum Gasteiger partial charge on any atom is 0.417 e. The molecule has 1 aliphatic heterocycles. The summed E-state index contributed by atoms with van der Waals surface area (Å²) in [5.41, 5.74) is 7.29. The average Bonchev–Trinajstić information content (AvgIpc) is 3.11. The molecule has 1 aromatic heterocycles. The SMILES string of the molecule is O=c1[nH]c2ccc(CCN3CCN(c4cccc5c4CCCC5)CC3)cc2o1. The number of rotatable bonds is 4. The van der Waals surface area contributed by atoms with Crippen LogP contribution in [0.25, 0.3) is 11.1 Å². The number of aromatic nitrogens is 1. The van der Waals surface area contributed by atoms with Crippen molar-refractivity contribution in [3.63, 3.8) is 0 Å². The summed E-state index contributed by atoms with van der Waals surface area (Å²) in [4.78, 5) is 19.1. The first kappa shape index (κ1) is 17.6. The first-order chi connectivity index (χ1) is 13.8. The Labute approximate surface area is 165 Å². The summed E-state index contributed by atoms with van der Waals surface area (Å²) in [6.07, 6.45) is 6.13. The quantitative estimate of drug-likeness (QED) is 0.757. The highest BCUT2D eigenvalue weighted by Gasteiger charge is 2.21. The zero-order valence-electron chi connectivity index (χ0n) is 16.2. The molecule has 3 aromatic rings. The molecule has 2 heterocycles. The van der Waals surface area contributed by atoms with Crippen LogP contribution in [-0.4, -0.2) is 42.6 Å². The molecular formula is C23H27N3O2. The standard InChI is InChI=1S/C23H27N3O2/c27-23-24-20-9-8-17(16-22(20)28-23)10-11-25-12-14-26(15-13-25)21-7-3-5-18-4-1-2-6-19(18)21/h3,5,7-9,16H,1-2,4,6,10-15H2,(H,24,27). The Kier molecular flexibility index (Phi) is 4.69. The Morgan fingerprint density at radius 2 is 1.86 bits per heavy atom. The number of nitrogens with one attached hydrogen (secondary N) is 1. The molecule has 5 heteroatoms. The van der Waals surface area contributed by atoms with Crippen LogP contribution in [0.3, 0.4) is 0 Å². The molecule has 2 aromatic carbocycles. The highest BCUT2D eigenvalue weighted by Crippen LogP contribution is 2.31. The monoisotopic (exact) mass is 377 g/mol. The number of hydrogen-bond acceptors (Lipinski definition) is 4. The van der Waals surface area contributed by atoms with Crippen LogP contribution in [0, 0.1) is 0 Å². The number of nitrogens with zero attached hydrogens (tertiary/aromatic N) is 2. The molecular weight excluding hydrogens is 350 g/mol. The van der Waals surface area contributed by atoms with E-state index in [1.54, 1.807) is 11.1 Å². The van der Waals surface area contributed by atoms with Gasteiger partial charge in [-0.1, -0.05) is 18.2 Å². The Hall–Kier alpha value is -2.53. The minimum absolute atomic E-state index is 0.383. The Morgan fingerprint density at radius 3 is 2.75 bits per heavy atom. The fraction of sp³-hybridized carbons (Fsp3) is 0.435. The molecule has 0 atom stereocenters. The first-order valence-electron chi connectivity index (χ1n) is 10.5.